The van der Waals surface area contributed by atoms with Crippen molar-refractivity contribution >= 4 is 20.2 Å². The number of hydrogen-bond donors (Lipinski definition) is 1. The lowest BCUT2D eigenvalue weighted by Gasteiger charge is -2.36. The van der Waals surface area contributed by atoms with Gasteiger partial charge in [-0.3, -0.25) is 4.79 Å². The number of carbonyl (C=O) groups excluding carboxylic acids is 2. The van der Waals surface area contributed by atoms with Crippen molar-refractivity contribution in [1.82, 2.24) is 0 Å². The standard InChI is InChI=1S/C15H23NO4Si/c1-15(2,3)21(5,6)20-12-8-10(13(16)17)7-11(9-12)14(18)19-4/h7-9H,1-6H3,(H2,16,17). The van der Waals surface area contributed by atoms with Gasteiger partial charge in [-0.05, 0) is 36.3 Å². The summed E-state index contributed by atoms with van der Waals surface area (Å²) in [4.78, 5) is 23.1. The van der Waals surface area contributed by atoms with Gasteiger partial charge in [0, 0.05) is 5.56 Å². The van der Waals surface area contributed by atoms with Crippen LogP contribution in [0.15, 0.2) is 18.2 Å². The number of carbonyl (C=O) groups is 2. The second kappa shape index (κ2) is 5.89. The Bertz CT molecular complexity index is 561. The number of nitrogens with two attached hydrogens (primary N) is 1. The molecule has 2 N–H and O–H groups in total. The van der Waals surface area contributed by atoms with Gasteiger partial charge in [-0.25, -0.2) is 4.79 Å². The zero-order chi connectivity index (χ0) is 16.4. The molecule has 0 aliphatic heterocycles. The Labute approximate surface area is 126 Å². The normalized spacial score (nSPS) is 11.9. The van der Waals surface area contributed by atoms with Gasteiger partial charge < -0.3 is 14.9 Å². The third-order valence-electron chi connectivity index (χ3n) is 3.79. The molecule has 0 aromatic heterocycles. The number of rotatable bonds is 4. The molecule has 0 saturated carbocycles. The van der Waals surface area contributed by atoms with Crippen molar-refractivity contribution < 1.29 is 18.8 Å². The maximum Gasteiger partial charge on any atom is 0.338 e. The minimum atomic E-state index is -2.08. The summed E-state index contributed by atoms with van der Waals surface area (Å²) < 4.78 is 10.8. The predicted molar refractivity (Wildman–Crippen MR) is 84.1 cm³/mol. The molecular weight excluding hydrogens is 286 g/mol. The van der Waals surface area contributed by atoms with Crippen LogP contribution in [0, 0.1) is 0 Å². The average Bonchev–Trinajstić information content (AvgIpc) is 2.35. The first-order valence-corrected chi connectivity index (χ1v) is 9.61. The first kappa shape index (κ1) is 17.2. The van der Waals surface area contributed by atoms with Gasteiger partial charge in [0.2, 0.25) is 14.2 Å². The molecule has 1 rings (SSSR count). The van der Waals surface area contributed by atoms with Crippen molar-refractivity contribution in [2.45, 2.75) is 38.9 Å². The van der Waals surface area contributed by atoms with Gasteiger partial charge in [0.15, 0.2) is 0 Å². The van der Waals surface area contributed by atoms with Gasteiger partial charge in [0.05, 0.1) is 12.7 Å². The molecule has 1 amide bonds. The molecule has 0 spiro atoms. The van der Waals surface area contributed by atoms with Crippen LogP contribution in [0.1, 0.15) is 41.5 Å². The summed E-state index contributed by atoms with van der Waals surface area (Å²) in [5.41, 5.74) is 5.79. The fraction of sp³-hybridized carbons (Fsp3) is 0.467. The summed E-state index contributed by atoms with van der Waals surface area (Å²) in [7, 11) is -0.790. The number of ether oxygens (including phenoxy) is 1. The van der Waals surface area contributed by atoms with E-state index in [2.05, 4.69) is 38.6 Å². The highest BCUT2D eigenvalue weighted by molar-refractivity contribution is 6.74. The quantitative estimate of drug-likeness (QED) is 0.685. The smallest absolute Gasteiger partial charge is 0.338 e. The van der Waals surface area contributed by atoms with Crippen molar-refractivity contribution in [2.24, 2.45) is 5.73 Å². The van der Waals surface area contributed by atoms with Crippen LogP contribution in [0.5, 0.6) is 5.75 Å². The summed E-state index contributed by atoms with van der Waals surface area (Å²) in [6, 6.07) is 4.56. The first-order valence-electron chi connectivity index (χ1n) is 6.70. The molecule has 0 bridgehead atoms. The van der Waals surface area contributed by atoms with E-state index in [9.17, 15) is 9.59 Å². The fourth-order valence-electron chi connectivity index (χ4n) is 1.48. The monoisotopic (exact) mass is 309 g/mol. The third kappa shape index (κ3) is 4.07. The molecular formula is C15H23NO4Si. The van der Waals surface area contributed by atoms with Crippen LogP contribution >= 0.6 is 0 Å². The van der Waals surface area contributed by atoms with Gasteiger partial charge in [-0.2, -0.15) is 0 Å². The van der Waals surface area contributed by atoms with Crippen molar-refractivity contribution in [3.05, 3.63) is 29.3 Å². The molecule has 21 heavy (non-hydrogen) atoms. The largest absolute Gasteiger partial charge is 0.543 e. The number of amides is 1. The molecule has 0 aliphatic rings. The van der Waals surface area contributed by atoms with E-state index < -0.39 is 20.2 Å². The van der Waals surface area contributed by atoms with E-state index >= 15 is 0 Å². The van der Waals surface area contributed by atoms with Gasteiger partial charge in [-0.15, -0.1) is 0 Å². The number of hydrogen-bond acceptors (Lipinski definition) is 4. The van der Waals surface area contributed by atoms with Crippen molar-refractivity contribution in [1.29, 1.82) is 0 Å². The van der Waals surface area contributed by atoms with Gasteiger partial charge in [0.25, 0.3) is 0 Å². The first-order chi connectivity index (χ1) is 9.48. The maximum atomic E-state index is 11.7. The predicted octanol–water partition coefficient (Wildman–Crippen LogP) is 2.96. The molecule has 116 valence electrons. The Balaban J connectivity index is 3.27. The van der Waals surface area contributed by atoms with Crippen LogP contribution in [0.4, 0.5) is 0 Å². The maximum absolute atomic E-state index is 11.7. The number of primary amides is 1. The second-order valence-electron chi connectivity index (χ2n) is 6.46. The van der Waals surface area contributed by atoms with Crippen LogP contribution in [-0.2, 0) is 4.74 Å². The summed E-state index contributed by atoms with van der Waals surface area (Å²) in [5, 5.41) is 0.00115. The summed E-state index contributed by atoms with van der Waals surface area (Å²) in [5.74, 6) is -0.669. The topological polar surface area (TPSA) is 78.6 Å². The Morgan fingerprint density at radius 2 is 1.62 bits per heavy atom. The Kier molecular flexibility index (Phi) is 4.83. The Morgan fingerprint density at radius 1 is 1.10 bits per heavy atom. The molecule has 0 aliphatic carbocycles. The summed E-state index contributed by atoms with van der Waals surface area (Å²) >= 11 is 0. The zero-order valence-electron chi connectivity index (χ0n) is 13.4. The van der Waals surface area contributed by atoms with Crippen molar-refractivity contribution in [3.63, 3.8) is 0 Å². The molecule has 0 fully saturated rings. The third-order valence-corrected chi connectivity index (χ3v) is 8.15. The lowest BCUT2D eigenvalue weighted by Crippen LogP contribution is -2.43. The van der Waals surface area contributed by atoms with Crippen molar-refractivity contribution in [3.8, 4) is 5.75 Å². The number of methoxy groups -OCH3 is 1. The SMILES string of the molecule is COC(=O)c1cc(O[Si](C)(C)C(C)(C)C)cc(C(N)=O)c1. The van der Waals surface area contributed by atoms with Gasteiger partial charge in [-0.1, -0.05) is 20.8 Å². The highest BCUT2D eigenvalue weighted by Crippen LogP contribution is 2.37. The molecule has 1 aromatic rings. The van der Waals surface area contributed by atoms with Crippen LogP contribution in [0.2, 0.25) is 18.1 Å². The second-order valence-corrected chi connectivity index (χ2v) is 11.2. The number of esters is 1. The molecule has 1 aromatic carbocycles. The summed E-state index contributed by atoms with van der Waals surface area (Å²) in [6.45, 7) is 10.5. The molecule has 6 heteroatoms. The number of benzene rings is 1. The molecule has 0 saturated heterocycles. The molecule has 0 heterocycles. The van der Waals surface area contributed by atoms with E-state index in [1.54, 1.807) is 12.1 Å². The molecule has 0 unspecified atom stereocenters. The van der Waals surface area contributed by atoms with E-state index in [4.69, 9.17) is 10.2 Å². The molecule has 0 radical (unpaired) electrons. The average molecular weight is 309 g/mol. The van der Waals surface area contributed by atoms with Crippen molar-refractivity contribution in [2.75, 3.05) is 7.11 Å². The molecule has 0 atom stereocenters. The highest BCUT2D eigenvalue weighted by atomic mass is 28.4. The van der Waals surface area contributed by atoms with E-state index in [0.717, 1.165) is 0 Å². The van der Waals surface area contributed by atoms with E-state index in [1.807, 2.05) is 0 Å². The van der Waals surface area contributed by atoms with Gasteiger partial charge in [0.1, 0.15) is 5.75 Å². The van der Waals surface area contributed by atoms with Crippen LogP contribution in [0.3, 0.4) is 0 Å². The zero-order valence-corrected chi connectivity index (χ0v) is 14.4. The van der Waals surface area contributed by atoms with E-state index in [0.29, 0.717) is 5.75 Å². The van der Waals surface area contributed by atoms with E-state index in [1.165, 1.54) is 13.2 Å². The minimum Gasteiger partial charge on any atom is -0.543 e. The van der Waals surface area contributed by atoms with Gasteiger partial charge >= 0.3 is 5.97 Å². The van der Waals surface area contributed by atoms with Crippen LogP contribution < -0.4 is 10.2 Å². The highest BCUT2D eigenvalue weighted by Gasteiger charge is 2.39. The lowest BCUT2D eigenvalue weighted by molar-refractivity contribution is 0.0600. The fourth-order valence-corrected chi connectivity index (χ4v) is 2.50. The lowest BCUT2D eigenvalue weighted by atomic mass is 10.1. The summed E-state index contributed by atoms with van der Waals surface area (Å²) in [6.07, 6.45) is 0. The Morgan fingerprint density at radius 3 is 2.05 bits per heavy atom. The van der Waals surface area contributed by atoms with Crippen LogP contribution in [0.25, 0.3) is 0 Å². The Hall–Kier alpha value is -1.82. The molecule has 5 nitrogen and oxygen atoms in total. The van der Waals surface area contributed by atoms with E-state index in [-0.39, 0.29) is 16.2 Å². The minimum absolute atomic E-state index is 0.00115. The van der Waals surface area contributed by atoms with Crippen LogP contribution in [-0.4, -0.2) is 27.3 Å².